The van der Waals surface area contributed by atoms with Crippen molar-refractivity contribution in [3.63, 3.8) is 0 Å². The molecule has 0 fully saturated rings. The van der Waals surface area contributed by atoms with Gasteiger partial charge in [-0.3, -0.25) is 0 Å². The monoisotopic (exact) mass is 195 g/mol. The van der Waals surface area contributed by atoms with E-state index in [2.05, 4.69) is 4.99 Å². The summed E-state index contributed by atoms with van der Waals surface area (Å²) in [6, 6.07) is 0. The summed E-state index contributed by atoms with van der Waals surface area (Å²) >= 11 is 0. The second-order valence-electron chi connectivity index (χ2n) is 3.05. The van der Waals surface area contributed by atoms with Gasteiger partial charge in [-0.25, -0.2) is 9.79 Å². The van der Waals surface area contributed by atoms with Gasteiger partial charge in [0.2, 0.25) is 6.08 Å². The van der Waals surface area contributed by atoms with E-state index in [1.807, 2.05) is 18.2 Å². The Morgan fingerprint density at radius 1 is 1.64 bits per heavy atom. The summed E-state index contributed by atoms with van der Waals surface area (Å²) in [5.41, 5.74) is -0.558. The summed E-state index contributed by atoms with van der Waals surface area (Å²) < 4.78 is 10.5. The Morgan fingerprint density at radius 2 is 2.43 bits per heavy atom. The Kier molecular flexibility index (Phi) is 3.63. The highest BCUT2D eigenvalue weighted by Crippen LogP contribution is 2.26. The summed E-state index contributed by atoms with van der Waals surface area (Å²) in [7, 11) is 3.19. The fourth-order valence-corrected chi connectivity index (χ4v) is 1.36. The number of allylic oxidation sites excluding steroid dienone is 2. The van der Waals surface area contributed by atoms with Crippen LogP contribution in [0.25, 0.3) is 0 Å². The van der Waals surface area contributed by atoms with Crippen LogP contribution in [-0.2, 0) is 14.3 Å². The smallest absolute Gasteiger partial charge is 0.235 e. The highest BCUT2D eigenvalue weighted by atomic mass is 16.5. The molecule has 1 unspecified atom stereocenters. The predicted octanol–water partition coefficient (Wildman–Crippen LogP) is 1.20. The van der Waals surface area contributed by atoms with Gasteiger partial charge in [-0.05, 0) is 6.08 Å². The zero-order valence-electron chi connectivity index (χ0n) is 8.32. The summed E-state index contributed by atoms with van der Waals surface area (Å²) in [5.74, 6) is 0.815. The largest absolute Gasteiger partial charge is 0.501 e. The van der Waals surface area contributed by atoms with Gasteiger partial charge < -0.3 is 9.47 Å². The van der Waals surface area contributed by atoms with Crippen LogP contribution in [0.4, 0.5) is 0 Å². The van der Waals surface area contributed by atoms with Crippen molar-refractivity contribution in [2.75, 3.05) is 20.8 Å². The van der Waals surface area contributed by atoms with Crippen LogP contribution in [0.1, 0.15) is 6.42 Å². The zero-order valence-corrected chi connectivity index (χ0v) is 8.32. The van der Waals surface area contributed by atoms with Crippen molar-refractivity contribution < 1.29 is 14.3 Å². The van der Waals surface area contributed by atoms with E-state index in [9.17, 15) is 4.79 Å². The molecule has 0 radical (unpaired) electrons. The minimum Gasteiger partial charge on any atom is -0.501 e. The van der Waals surface area contributed by atoms with Crippen molar-refractivity contribution in [3.8, 4) is 0 Å². The third-order valence-corrected chi connectivity index (χ3v) is 2.24. The van der Waals surface area contributed by atoms with Crippen LogP contribution in [0.2, 0.25) is 0 Å². The second-order valence-corrected chi connectivity index (χ2v) is 3.05. The molecular formula is C10H13NO3. The maximum absolute atomic E-state index is 10.0. The topological polar surface area (TPSA) is 47.9 Å². The first-order chi connectivity index (χ1) is 6.76. The van der Waals surface area contributed by atoms with Crippen LogP contribution in [0, 0.1) is 0 Å². The lowest BCUT2D eigenvalue weighted by molar-refractivity contribution is 0.0276. The third-order valence-electron chi connectivity index (χ3n) is 2.24. The van der Waals surface area contributed by atoms with E-state index >= 15 is 0 Å². The van der Waals surface area contributed by atoms with Crippen LogP contribution in [-0.4, -0.2) is 32.4 Å². The minimum absolute atomic E-state index is 0.268. The molecule has 0 spiro atoms. The molecule has 1 aliphatic carbocycles. The molecule has 1 aliphatic rings. The van der Waals surface area contributed by atoms with E-state index in [1.165, 1.54) is 6.08 Å². The molecule has 0 bridgehead atoms. The number of nitrogens with zero attached hydrogens (tertiary/aromatic N) is 1. The van der Waals surface area contributed by atoms with Crippen LogP contribution in [0.5, 0.6) is 0 Å². The summed E-state index contributed by atoms with van der Waals surface area (Å²) in [5, 5.41) is 0. The van der Waals surface area contributed by atoms with Crippen molar-refractivity contribution in [3.05, 3.63) is 24.0 Å². The number of hydrogen-bond acceptors (Lipinski definition) is 4. The lowest BCUT2D eigenvalue weighted by atomic mass is 9.94. The first-order valence-electron chi connectivity index (χ1n) is 4.27. The van der Waals surface area contributed by atoms with E-state index in [4.69, 9.17) is 9.47 Å². The lowest BCUT2D eigenvalue weighted by Gasteiger charge is -2.29. The van der Waals surface area contributed by atoms with Gasteiger partial charge >= 0.3 is 0 Å². The van der Waals surface area contributed by atoms with E-state index in [0.717, 1.165) is 5.76 Å². The van der Waals surface area contributed by atoms with Crippen molar-refractivity contribution in [2.45, 2.75) is 12.0 Å². The molecule has 4 heteroatoms. The molecule has 0 aromatic rings. The van der Waals surface area contributed by atoms with Crippen LogP contribution >= 0.6 is 0 Å². The van der Waals surface area contributed by atoms with Crippen LogP contribution in [0.3, 0.4) is 0 Å². The van der Waals surface area contributed by atoms with Crippen molar-refractivity contribution in [1.29, 1.82) is 0 Å². The Morgan fingerprint density at radius 3 is 3.00 bits per heavy atom. The third kappa shape index (κ3) is 2.31. The number of ether oxygens (including phenoxy) is 2. The fraction of sp³-hybridized carbons (Fsp3) is 0.500. The molecule has 0 saturated heterocycles. The standard InChI is InChI=1S/C10H13NO3/c1-13-9-4-3-5-10(6-9,14-2)7-11-8-12/h3-5H,6-7H2,1-2H3. The number of methoxy groups -OCH3 is 2. The molecule has 1 atom stereocenters. The number of hydrogen-bond donors (Lipinski definition) is 0. The van der Waals surface area contributed by atoms with Crippen LogP contribution < -0.4 is 0 Å². The Bertz CT molecular complexity index is 302. The molecule has 76 valence electrons. The maximum Gasteiger partial charge on any atom is 0.235 e. The van der Waals surface area contributed by atoms with Gasteiger partial charge in [0.15, 0.2) is 0 Å². The summed E-state index contributed by atoms with van der Waals surface area (Å²) in [6.07, 6.45) is 7.67. The van der Waals surface area contributed by atoms with Gasteiger partial charge in [0, 0.05) is 13.5 Å². The SMILES string of the molecule is COC1=CC=CC(CN=C=O)(OC)C1. The van der Waals surface area contributed by atoms with E-state index in [0.29, 0.717) is 6.42 Å². The van der Waals surface area contributed by atoms with Crippen molar-refractivity contribution >= 4 is 6.08 Å². The van der Waals surface area contributed by atoms with E-state index in [1.54, 1.807) is 14.2 Å². The Balaban J connectivity index is 2.77. The highest BCUT2D eigenvalue weighted by Gasteiger charge is 2.30. The first-order valence-corrected chi connectivity index (χ1v) is 4.27. The Hall–Kier alpha value is -1.38. The van der Waals surface area contributed by atoms with Crippen molar-refractivity contribution in [1.82, 2.24) is 0 Å². The van der Waals surface area contributed by atoms with E-state index in [-0.39, 0.29) is 6.54 Å². The molecule has 0 heterocycles. The van der Waals surface area contributed by atoms with Crippen LogP contribution in [0.15, 0.2) is 29.0 Å². The fourth-order valence-electron chi connectivity index (χ4n) is 1.36. The molecule has 0 saturated carbocycles. The molecule has 14 heavy (non-hydrogen) atoms. The van der Waals surface area contributed by atoms with Gasteiger partial charge in [0.25, 0.3) is 0 Å². The lowest BCUT2D eigenvalue weighted by Crippen LogP contribution is -2.34. The average molecular weight is 195 g/mol. The molecule has 0 N–H and O–H groups in total. The normalized spacial score (nSPS) is 25.1. The molecule has 0 aromatic heterocycles. The molecule has 0 amide bonds. The average Bonchev–Trinajstić information content (AvgIpc) is 2.26. The highest BCUT2D eigenvalue weighted by molar-refractivity contribution is 5.34. The number of rotatable bonds is 4. The predicted molar refractivity (Wildman–Crippen MR) is 51.6 cm³/mol. The quantitative estimate of drug-likeness (QED) is 0.500. The molecule has 4 nitrogen and oxygen atoms in total. The molecule has 0 aromatic carbocycles. The van der Waals surface area contributed by atoms with Gasteiger partial charge in [0.1, 0.15) is 5.60 Å². The number of carbonyl (C=O) groups excluding carboxylic acids is 1. The van der Waals surface area contributed by atoms with Gasteiger partial charge in [0.05, 0.1) is 19.4 Å². The van der Waals surface area contributed by atoms with Gasteiger partial charge in [-0.2, -0.15) is 0 Å². The summed E-state index contributed by atoms with van der Waals surface area (Å²) in [6.45, 7) is 0.268. The number of aliphatic imine (C=N–C) groups is 1. The summed E-state index contributed by atoms with van der Waals surface area (Å²) in [4.78, 5) is 13.6. The zero-order chi connectivity index (χ0) is 10.4. The number of isocyanates is 1. The van der Waals surface area contributed by atoms with Gasteiger partial charge in [-0.15, -0.1) is 0 Å². The molecule has 0 aliphatic heterocycles. The maximum atomic E-state index is 10.0. The molecule has 1 rings (SSSR count). The van der Waals surface area contributed by atoms with Gasteiger partial charge in [-0.1, -0.05) is 12.2 Å². The second kappa shape index (κ2) is 4.74. The Labute approximate surface area is 82.9 Å². The minimum atomic E-state index is -0.558. The molecular weight excluding hydrogens is 182 g/mol. The first kappa shape index (κ1) is 10.7. The van der Waals surface area contributed by atoms with Crippen molar-refractivity contribution in [2.24, 2.45) is 4.99 Å². The van der Waals surface area contributed by atoms with E-state index < -0.39 is 5.60 Å².